The highest BCUT2D eigenvalue weighted by molar-refractivity contribution is 7.47. The molecule has 5 atom stereocenters. The van der Waals surface area contributed by atoms with Gasteiger partial charge >= 0.3 is 33.6 Å². The van der Waals surface area contributed by atoms with Gasteiger partial charge in [-0.05, 0) is 167 Å². The number of aliphatic hydroxyl groups excluding tert-OH is 2. The zero-order chi connectivity index (χ0) is 83.6. The predicted octanol–water partition coefficient (Wildman–Crippen LogP) is 27.2. The van der Waals surface area contributed by atoms with Crippen LogP contribution in [0.4, 0.5) is 0 Å². The molecule has 0 radical (unpaired) electrons. The molecule has 0 saturated carbocycles. The number of aliphatic hydroxyl groups is 2. The number of carbonyl (C=O) groups excluding carboxylic acids is 3. The summed E-state index contributed by atoms with van der Waals surface area (Å²) in [6.07, 6.45) is 117. The number of ether oxygens (including phenoxy) is 3. The van der Waals surface area contributed by atoms with Crippen LogP contribution in [0.2, 0.25) is 0 Å². The summed E-state index contributed by atoms with van der Waals surface area (Å²) in [4.78, 5) is 59.0. The smallest absolute Gasteiger partial charge is 0.463 e. The van der Waals surface area contributed by atoms with Gasteiger partial charge in [0.1, 0.15) is 25.4 Å². The van der Waals surface area contributed by atoms with Crippen LogP contribution in [0, 0.1) is 0 Å². The van der Waals surface area contributed by atoms with Crippen LogP contribution in [0.1, 0.15) is 329 Å². The van der Waals surface area contributed by atoms with Gasteiger partial charge in [-0.25, -0.2) is 9.13 Å². The molecule has 0 fully saturated rings. The number of phosphoric ester groups is 2. The van der Waals surface area contributed by atoms with Crippen LogP contribution in [0.25, 0.3) is 0 Å². The van der Waals surface area contributed by atoms with Crippen LogP contribution in [0.5, 0.6) is 0 Å². The van der Waals surface area contributed by atoms with E-state index in [0.29, 0.717) is 19.3 Å². The SMILES string of the molecule is CC/C=C\C/C=C\C/C=C\C/C=C\C/C=C\C/C=C\CCCCCCCCCCC(=O)OCC(COP(=O)(O)OCC(O)COP(=O)(O)OCC(O)COC(=O)CCCCCCCCCCCCCCC/C=C\C/C=C\C/C=C\C/C=C\C/C=C\CC)OC(=O)CCCCCC/C=C\C/C=C\C/C=C\C/C=C\C/C=C\C/C=C\CC. The number of esters is 3. The van der Waals surface area contributed by atoms with E-state index < -0.39 is 91.5 Å². The van der Waals surface area contributed by atoms with E-state index in [9.17, 15) is 43.5 Å². The quantitative estimate of drug-likeness (QED) is 0.0146. The van der Waals surface area contributed by atoms with E-state index in [1.54, 1.807) is 0 Å². The Morgan fingerprint density at radius 2 is 0.435 bits per heavy atom. The van der Waals surface area contributed by atoms with Gasteiger partial charge in [0.05, 0.1) is 26.4 Å². The molecule has 18 heteroatoms. The number of phosphoric acid groups is 2. The first-order valence-electron chi connectivity index (χ1n) is 44.4. The van der Waals surface area contributed by atoms with Crippen molar-refractivity contribution in [3.05, 3.63) is 207 Å². The number of carbonyl (C=O) groups is 3. The lowest BCUT2D eigenvalue weighted by Crippen LogP contribution is -2.30. The maximum Gasteiger partial charge on any atom is 0.472 e. The second-order valence-corrected chi connectivity index (χ2v) is 31.8. The normalized spacial score (nSPS) is 14.8. The average molecular weight is 1640 g/mol. The fraction of sp³-hybridized carbons (Fsp3) is 0.619. The van der Waals surface area contributed by atoms with E-state index in [-0.39, 0.29) is 19.3 Å². The molecule has 0 heterocycles. The molecule has 0 bridgehead atoms. The Balaban J connectivity index is 4.70. The first-order valence-corrected chi connectivity index (χ1v) is 47.4. The highest BCUT2D eigenvalue weighted by Crippen LogP contribution is 2.45. The van der Waals surface area contributed by atoms with Gasteiger partial charge in [-0.2, -0.15) is 0 Å². The van der Waals surface area contributed by atoms with Crippen molar-refractivity contribution >= 4 is 33.6 Å². The number of hydrogen-bond donors (Lipinski definition) is 4. The molecule has 0 aromatic carbocycles. The summed E-state index contributed by atoms with van der Waals surface area (Å²) >= 11 is 0. The summed E-state index contributed by atoms with van der Waals surface area (Å²) in [6, 6.07) is 0. The molecule has 0 rings (SSSR count). The van der Waals surface area contributed by atoms with Crippen LogP contribution < -0.4 is 0 Å². The monoisotopic (exact) mass is 1640 g/mol. The van der Waals surface area contributed by atoms with Gasteiger partial charge in [0.15, 0.2) is 6.10 Å². The molecule has 0 amide bonds. The van der Waals surface area contributed by atoms with Gasteiger partial charge in [0.2, 0.25) is 0 Å². The average Bonchev–Trinajstić information content (AvgIpc) is 0.900. The number of rotatable bonds is 82. The fourth-order valence-electron chi connectivity index (χ4n) is 11.4. The topological polar surface area (TPSA) is 231 Å². The molecule has 0 aromatic rings. The Labute approximate surface area is 699 Å². The third-order valence-corrected chi connectivity index (χ3v) is 19.9. The lowest BCUT2D eigenvalue weighted by atomic mass is 10.0. The summed E-state index contributed by atoms with van der Waals surface area (Å²) in [7, 11) is -9.83. The van der Waals surface area contributed by atoms with E-state index in [4.69, 9.17) is 32.3 Å². The number of unbranched alkanes of at least 4 members (excludes halogenated alkanes) is 25. The Kier molecular flexibility index (Phi) is 83.0. The van der Waals surface area contributed by atoms with Crippen LogP contribution in [0.3, 0.4) is 0 Å². The summed E-state index contributed by atoms with van der Waals surface area (Å²) in [5, 5.41) is 20.7. The van der Waals surface area contributed by atoms with E-state index >= 15 is 0 Å². The maximum atomic E-state index is 13.1. The Morgan fingerprint density at radius 3 is 0.687 bits per heavy atom. The first kappa shape index (κ1) is 109. The van der Waals surface area contributed by atoms with Crippen molar-refractivity contribution in [2.75, 3.05) is 39.6 Å². The van der Waals surface area contributed by atoms with Crippen LogP contribution in [0.15, 0.2) is 207 Å². The summed E-state index contributed by atoms with van der Waals surface area (Å²) < 4.78 is 61.4. The van der Waals surface area contributed by atoms with Crippen molar-refractivity contribution in [2.24, 2.45) is 0 Å². The van der Waals surface area contributed by atoms with Gasteiger partial charge in [-0.3, -0.25) is 32.5 Å². The Hall–Kier alpha value is -5.87. The van der Waals surface area contributed by atoms with E-state index in [0.717, 1.165) is 205 Å². The molecule has 5 unspecified atom stereocenters. The summed E-state index contributed by atoms with van der Waals surface area (Å²) in [6.45, 7) is 2.31. The van der Waals surface area contributed by atoms with E-state index in [2.05, 4.69) is 227 Å². The minimum absolute atomic E-state index is 0.0644. The van der Waals surface area contributed by atoms with Crippen molar-refractivity contribution in [1.29, 1.82) is 0 Å². The minimum atomic E-state index is -4.96. The predicted molar refractivity (Wildman–Crippen MR) is 481 cm³/mol. The van der Waals surface area contributed by atoms with E-state index in [1.165, 1.54) is 64.2 Å². The lowest BCUT2D eigenvalue weighted by Gasteiger charge is -2.21. The first-order chi connectivity index (χ1) is 56.2. The molecule has 16 nitrogen and oxygen atoms in total. The Morgan fingerprint density at radius 1 is 0.243 bits per heavy atom. The minimum Gasteiger partial charge on any atom is -0.463 e. The van der Waals surface area contributed by atoms with Crippen molar-refractivity contribution in [1.82, 2.24) is 0 Å². The van der Waals surface area contributed by atoms with Gasteiger partial charge < -0.3 is 34.2 Å². The van der Waals surface area contributed by atoms with Crippen LogP contribution >= 0.6 is 15.6 Å². The molecule has 0 aliphatic rings. The summed E-state index contributed by atoms with van der Waals surface area (Å²) in [5.41, 5.74) is 0. The molecule has 115 heavy (non-hydrogen) atoms. The highest BCUT2D eigenvalue weighted by atomic mass is 31.2. The second-order valence-electron chi connectivity index (χ2n) is 28.9. The molecular weight excluding hydrogens is 1480 g/mol. The zero-order valence-electron chi connectivity index (χ0n) is 71.6. The highest BCUT2D eigenvalue weighted by Gasteiger charge is 2.29. The van der Waals surface area contributed by atoms with Gasteiger partial charge in [-0.15, -0.1) is 0 Å². The lowest BCUT2D eigenvalue weighted by molar-refractivity contribution is -0.161. The zero-order valence-corrected chi connectivity index (χ0v) is 73.4. The number of hydrogen-bond acceptors (Lipinski definition) is 14. The van der Waals surface area contributed by atoms with Crippen molar-refractivity contribution < 1.29 is 75.8 Å². The summed E-state index contributed by atoms with van der Waals surface area (Å²) in [5.74, 6) is -1.62. The second kappa shape index (κ2) is 87.4. The molecule has 0 aliphatic heterocycles. The number of allylic oxidation sites excluding steroid dienone is 34. The van der Waals surface area contributed by atoms with Crippen LogP contribution in [-0.4, -0.2) is 95.9 Å². The largest absolute Gasteiger partial charge is 0.472 e. The van der Waals surface area contributed by atoms with E-state index in [1.807, 2.05) is 0 Å². The van der Waals surface area contributed by atoms with Gasteiger partial charge in [0.25, 0.3) is 0 Å². The van der Waals surface area contributed by atoms with Gasteiger partial charge in [0, 0.05) is 19.3 Å². The molecule has 4 N–H and O–H groups in total. The van der Waals surface area contributed by atoms with Gasteiger partial charge in [-0.1, -0.05) is 349 Å². The van der Waals surface area contributed by atoms with Crippen molar-refractivity contribution in [3.63, 3.8) is 0 Å². The molecule has 0 aromatic heterocycles. The third-order valence-electron chi connectivity index (χ3n) is 18.0. The van der Waals surface area contributed by atoms with Crippen molar-refractivity contribution in [2.45, 2.75) is 347 Å². The maximum absolute atomic E-state index is 13.1. The fourth-order valence-corrected chi connectivity index (χ4v) is 13.0. The molecular formula is C97H158O16P2. The molecule has 0 spiro atoms. The standard InChI is InChI=1S/C97H158O16P2/c1-4-7-10-13-16-19-22-25-28-31-34-37-40-42-44-45-47-49-51-53-56-59-62-65-68-71-74-77-80-83-95(100)107-86-92(98)87-109-114(103,104)110-88-93(99)89-111-115(105,106)112-91-94(113-97(102)85-82-79-76-73-70-67-64-61-58-55-50-39-36-33-30-27-24-21-18-15-12-9-6-3)90-108-96(101)84-81-78-75-72-69-66-63-60-57-54-52-48-46-43-41-38-35-32-29-26-23-20-17-14-11-8-5-2/h7-12,16-21,25-30,34-39,42-44,46,52,54-55,58,64,67,92-94,98-99H,4-6,13-15,22-24,31-33,40-41,45,47-51,53,56-57,59-63,65-66,68-91H2,1-3H3,(H,103,104)(H,105,106)/b10-7-,11-8-,12-9-,19-16-,20-17-,21-18-,28-25-,29-26-,30-27-,37-34-,38-35-,39-36-,44-42-,46-43-,54-52-,58-55-,67-64-. The third kappa shape index (κ3) is 88.8. The molecule has 652 valence electrons. The van der Waals surface area contributed by atoms with Crippen molar-refractivity contribution in [3.8, 4) is 0 Å². The molecule has 0 aliphatic carbocycles. The molecule has 0 saturated heterocycles. The Bertz CT molecular complexity index is 2920. The van der Waals surface area contributed by atoms with Crippen LogP contribution in [-0.2, 0) is 55.8 Å².